The Labute approximate surface area is 156 Å². The number of anilines is 2. The first-order valence-electron chi connectivity index (χ1n) is 8.86. The lowest BCUT2D eigenvalue weighted by Crippen LogP contribution is -2.24. The molecule has 1 saturated heterocycles. The minimum Gasteiger partial charge on any atom is -0.355 e. The first-order valence-corrected chi connectivity index (χ1v) is 8.86. The summed E-state index contributed by atoms with van der Waals surface area (Å²) in [4.78, 5) is 26.3. The Morgan fingerprint density at radius 3 is 2.70 bits per heavy atom. The number of aryl methyl sites for hydroxylation is 1. The number of carbonyl (C=O) groups is 2. The van der Waals surface area contributed by atoms with Crippen molar-refractivity contribution in [2.24, 2.45) is 0 Å². The molecular weight excluding hydrogens is 342 g/mol. The normalized spacial score (nSPS) is 13.8. The molecule has 0 unspecified atom stereocenters. The van der Waals surface area contributed by atoms with Crippen LogP contribution in [0.25, 0.3) is 11.3 Å². The fourth-order valence-corrected chi connectivity index (χ4v) is 3.20. The second-order valence-corrected chi connectivity index (χ2v) is 6.55. The van der Waals surface area contributed by atoms with E-state index in [0.717, 1.165) is 23.2 Å². The van der Waals surface area contributed by atoms with Gasteiger partial charge in [0.1, 0.15) is 0 Å². The van der Waals surface area contributed by atoms with E-state index in [-0.39, 0.29) is 17.5 Å². The number of hydrogen-bond acceptors (Lipinski definition) is 4. The Kier molecular flexibility index (Phi) is 4.46. The number of carbonyl (C=O) groups excluding carboxylic acids is 2. The molecule has 6 nitrogen and oxygen atoms in total. The Morgan fingerprint density at radius 1 is 1.15 bits per heavy atom. The molecule has 0 saturated carbocycles. The molecule has 4 rings (SSSR count). The van der Waals surface area contributed by atoms with E-state index in [0.29, 0.717) is 24.4 Å². The molecule has 0 bridgehead atoms. The number of amides is 2. The van der Waals surface area contributed by atoms with Crippen LogP contribution >= 0.6 is 0 Å². The maximum atomic E-state index is 12.5. The van der Waals surface area contributed by atoms with Crippen molar-refractivity contribution in [1.82, 2.24) is 5.16 Å². The Hall–Kier alpha value is -3.41. The minimum atomic E-state index is -0.358. The highest BCUT2D eigenvalue weighted by atomic mass is 16.5. The van der Waals surface area contributed by atoms with Crippen molar-refractivity contribution in [2.75, 3.05) is 16.8 Å². The van der Waals surface area contributed by atoms with Gasteiger partial charge in [-0.2, -0.15) is 0 Å². The third kappa shape index (κ3) is 3.46. The number of hydrogen-bond donors (Lipinski definition) is 1. The van der Waals surface area contributed by atoms with Crippen molar-refractivity contribution in [3.05, 3.63) is 65.9 Å². The van der Waals surface area contributed by atoms with E-state index >= 15 is 0 Å². The van der Waals surface area contributed by atoms with Gasteiger partial charge in [-0.15, -0.1) is 0 Å². The average molecular weight is 361 g/mol. The van der Waals surface area contributed by atoms with Crippen molar-refractivity contribution < 1.29 is 14.1 Å². The van der Waals surface area contributed by atoms with E-state index in [2.05, 4.69) is 10.5 Å². The van der Waals surface area contributed by atoms with Crippen LogP contribution in [0, 0.1) is 6.92 Å². The van der Waals surface area contributed by atoms with Crippen molar-refractivity contribution >= 4 is 23.2 Å². The molecule has 2 aromatic carbocycles. The van der Waals surface area contributed by atoms with E-state index < -0.39 is 0 Å². The zero-order valence-electron chi connectivity index (χ0n) is 14.9. The van der Waals surface area contributed by atoms with Gasteiger partial charge in [0.05, 0.1) is 0 Å². The largest absolute Gasteiger partial charge is 0.355 e. The van der Waals surface area contributed by atoms with Crippen molar-refractivity contribution in [1.29, 1.82) is 0 Å². The lowest BCUT2D eigenvalue weighted by molar-refractivity contribution is -0.117. The van der Waals surface area contributed by atoms with Crippen LogP contribution in [0.15, 0.2) is 59.1 Å². The van der Waals surface area contributed by atoms with E-state index in [1.807, 2.05) is 55.5 Å². The van der Waals surface area contributed by atoms with Gasteiger partial charge in [-0.05, 0) is 31.0 Å². The average Bonchev–Trinajstić information content (AvgIpc) is 3.33. The quantitative estimate of drug-likeness (QED) is 0.761. The van der Waals surface area contributed by atoms with Gasteiger partial charge in [0.15, 0.2) is 11.5 Å². The van der Waals surface area contributed by atoms with Crippen LogP contribution < -0.4 is 10.2 Å². The molecule has 27 heavy (non-hydrogen) atoms. The SMILES string of the molecule is Cc1ccc(NC(=O)c2cc(-c3ccccc3)on2)cc1N1CCCC1=O. The van der Waals surface area contributed by atoms with E-state index in [1.165, 1.54) is 0 Å². The Morgan fingerprint density at radius 2 is 1.96 bits per heavy atom. The first-order chi connectivity index (χ1) is 13.1. The van der Waals surface area contributed by atoms with Crippen LogP contribution in [-0.2, 0) is 4.79 Å². The molecule has 0 aliphatic carbocycles. The Bertz CT molecular complexity index is 995. The monoisotopic (exact) mass is 361 g/mol. The van der Waals surface area contributed by atoms with Crippen LogP contribution in [0.5, 0.6) is 0 Å². The molecule has 1 aromatic heterocycles. The smallest absolute Gasteiger partial charge is 0.277 e. The van der Waals surface area contributed by atoms with E-state index in [9.17, 15) is 9.59 Å². The number of benzene rings is 2. The number of rotatable bonds is 4. The predicted molar refractivity (Wildman–Crippen MR) is 103 cm³/mol. The van der Waals surface area contributed by atoms with Crippen molar-refractivity contribution in [3.63, 3.8) is 0 Å². The molecule has 0 radical (unpaired) electrons. The molecule has 1 aliphatic heterocycles. The summed E-state index contributed by atoms with van der Waals surface area (Å²) in [5.41, 5.74) is 3.50. The molecular formula is C21H19N3O3. The molecule has 1 fully saturated rings. The Balaban J connectivity index is 1.53. The molecule has 0 spiro atoms. The summed E-state index contributed by atoms with van der Waals surface area (Å²) in [6.07, 6.45) is 1.42. The van der Waals surface area contributed by atoms with Gasteiger partial charge in [0.25, 0.3) is 5.91 Å². The highest BCUT2D eigenvalue weighted by Gasteiger charge is 2.23. The van der Waals surface area contributed by atoms with Gasteiger partial charge < -0.3 is 14.7 Å². The summed E-state index contributed by atoms with van der Waals surface area (Å²) in [6.45, 7) is 2.66. The van der Waals surface area contributed by atoms with Gasteiger partial charge in [-0.1, -0.05) is 41.6 Å². The second kappa shape index (κ2) is 7.07. The zero-order valence-corrected chi connectivity index (χ0v) is 14.9. The third-order valence-electron chi connectivity index (χ3n) is 4.63. The van der Waals surface area contributed by atoms with Gasteiger partial charge in [-0.3, -0.25) is 9.59 Å². The van der Waals surface area contributed by atoms with Crippen molar-refractivity contribution in [2.45, 2.75) is 19.8 Å². The van der Waals surface area contributed by atoms with Crippen LogP contribution in [0.3, 0.4) is 0 Å². The summed E-state index contributed by atoms with van der Waals surface area (Å²) in [7, 11) is 0. The molecule has 3 aromatic rings. The molecule has 2 heterocycles. The van der Waals surface area contributed by atoms with Crippen LogP contribution in [0.2, 0.25) is 0 Å². The maximum Gasteiger partial charge on any atom is 0.277 e. The standard InChI is InChI=1S/C21H19N3O3/c1-14-9-10-16(12-18(14)24-11-5-8-20(24)25)22-21(26)17-13-19(27-23-17)15-6-3-2-4-7-15/h2-4,6-7,9-10,12-13H,5,8,11H2,1H3,(H,22,26). The van der Waals surface area contributed by atoms with E-state index in [4.69, 9.17) is 4.52 Å². The molecule has 0 atom stereocenters. The summed E-state index contributed by atoms with van der Waals surface area (Å²) in [6, 6.07) is 16.6. The number of aromatic nitrogens is 1. The van der Waals surface area contributed by atoms with Gasteiger partial charge in [-0.25, -0.2) is 0 Å². The van der Waals surface area contributed by atoms with E-state index in [1.54, 1.807) is 11.0 Å². The lowest BCUT2D eigenvalue weighted by Gasteiger charge is -2.19. The van der Waals surface area contributed by atoms with Gasteiger partial charge in [0, 0.05) is 36.0 Å². The highest BCUT2D eigenvalue weighted by molar-refractivity contribution is 6.04. The summed E-state index contributed by atoms with van der Waals surface area (Å²) in [5.74, 6) is 0.294. The van der Waals surface area contributed by atoms with Crippen LogP contribution in [-0.4, -0.2) is 23.5 Å². The lowest BCUT2D eigenvalue weighted by atomic mass is 10.1. The third-order valence-corrected chi connectivity index (χ3v) is 4.63. The molecule has 136 valence electrons. The summed E-state index contributed by atoms with van der Waals surface area (Å²) < 4.78 is 5.28. The van der Waals surface area contributed by atoms with Crippen LogP contribution in [0.1, 0.15) is 28.9 Å². The summed E-state index contributed by atoms with van der Waals surface area (Å²) in [5, 5.41) is 6.70. The number of nitrogens with one attached hydrogen (secondary N) is 1. The van der Waals surface area contributed by atoms with Gasteiger partial charge in [0.2, 0.25) is 5.91 Å². The van der Waals surface area contributed by atoms with Crippen molar-refractivity contribution in [3.8, 4) is 11.3 Å². The van der Waals surface area contributed by atoms with Crippen LogP contribution in [0.4, 0.5) is 11.4 Å². The maximum absolute atomic E-state index is 12.5. The fourth-order valence-electron chi connectivity index (χ4n) is 3.20. The molecule has 1 N–H and O–H groups in total. The highest BCUT2D eigenvalue weighted by Crippen LogP contribution is 2.28. The second-order valence-electron chi connectivity index (χ2n) is 6.55. The van der Waals surface area contributed by atoms with Gasteiger partial charge >= 0.3 is 0 Å². The minimum absolute atomic E-state index is 0.116. The predicted octanol–water partition coefficient (Wildman–Crippen LogP) is 4.03. The number of nitrogens with zero attached hydrogens (tertiary/aromatic N) is 2. The molecule has 2 amide bonds. The topological polar surface area (TPSA) is 75.4 Å². The zero-order chi connectivity index (χ0) is 18.8. The molecule has 1 aliphatic rings. The fraction of sp³-hybridized carbons (Fsp3) is 0.190. The summed E-state index contributed by atoms with van der Waals surface area (Å²) >= 11 is 0. The molecule has 6 heteroatoms. The first kappa shape index (κ1) is 17.0.